The van der Waals surface area contributed by atoms with Crippen molar-refractivity contribution in [3.8, 4) is 17.2 Å². The van der Waals surface area contributed by atoms with Crippen molar-refractivity contribution in [1.82, 2.24) is 0 Å². The third-order valence-corrected chi connectivity index (χ3v) is 3.68. The van der Waals surface area contributed by atoms with Crippen LogP contribution in [0, 0.1) is 12.8 Å². The van der Waals surface area contributed by atoms with Crippen LogP contribution in [0.15, 0.2) is 42.5 Å². The maximum atomic E-state index is 12.1. The van der Waals surface area contributed by atoms with Crippen molar-refractivity contribution in [2.75, 3.05) is 18.5 Å². The Kier molecular flexibility index (Phi) is 7.29. The van der Waals surface area contributed by atoms with Crippen molar-refractivity contribution in [3.05, 3.63) is 53.6 Å². The minimum Gasteiger partial charge on any atom is -0.506 e. The van der Waals surface area contributed by atoms with E-state index in [0.29, 0.717) is 36.3 Å². The summed E-state index contributed by atoms with van der Waals surface area (Å²) >= 11 is 0. The van der Waals surface area contributed by atoms with Gasteiger partial charge in [0.2, 0.25) is 5.91 Å². The highest BCUT2D eigenvalue weighted by Crippen LogP contribution is 2.29. The smallest absolute Gasteiger partial charge is 0.248 e. The molecule has 2 aromatic rings. The summed E-state index contributed by atoms with van der Waals surface area (Å²) in [5.41, 5.74) is 2.12. The van der Waals surface area contributed by atoms with Crippen molar-refractivity contribution < 1.29 is 19.4 Å². The molecule has 0 saturated carbocycles. The zero-order chi connectivity index (χ0) is 19.8. The van der Waals surface area contributed by atoms with Crippen LogP contribution in [0.4, 0.5) is 5.69 Å². The zero-order valence-electron chi connectivity index (χ0n) is 16.3. The van der Waals surface area contributed by atoms with E-state index in [1.165, 1.54) is 6.08 Å². The van der Waals surface area contributed by atoms with Gasteiger partial charge in [-0.25, -0.2) is 0 Å². The number of phenols is 1. The summed E-state index contributed by atoms with van der Waals surface area (Å²) < 4.78 is 11.4. The molecule has 0 spiro atoms. The summed E-state index contributed by atoms with van der Waals surface area (Å²) in [5, 5.41) is 12.5. The van der Waals surface area contributed by atoms with Gasteiger partial charge >= 0.3 is 0 Å². The predicted molar refractivity (Wildman–Crippen MR) is 108 cm³/mol. The van der Waals surface area contributed by atoms with Crippen molar-refractivity contribution in [2.24, 2.45) is 5.92 Å². The predicted octanol–water partition coefficient (Wildman–Crippen LogP) is 4.79. The van der Waals surface area contributed by atoms with E-state index in [1.54, 1.807) is 18.2 Å². The van der Waals surface area contributed by atoms with E-state index in [1.807, 2.05) is 38.1 Å². The van der Waals surface area contributed by atoms with E-state index in [0.717, 1.165) is 11.1 Å². The molecule has 0 bridgehead atoms. The number of aromatic hydroxyl groups is 1. The Morgan fingerprint density at radius 3 is 2.59 bits per heavy atom. The Morgan fingerprint density at radius 1 is 1.15 bits per heavy atom. The van der Waals surface area contributed by atoms with Gasteiger partial charge in [0.05, 0.1) is 18.9 Å². The van der Waals surface area contributed by atoms with E-state index in [4.69, 9.17) is 9.47 Å². The normalized spacial score (nSPS) is 11.0. The van der Waals surface area contributed by atoms with Crippen LogP contribution >= 0.6 is 0 Å². The molecule has 0 aliphatic heterocycles. The maximum absolute atomic E-state index is 12.1. The second kappa shape index (κ2) is 9.67. The highest BCUT2D eigenvalue weighted by atomic mass is 16.5. The average Bonchev–Trinajstić information content (AvgIpc) is 2.61. The lowest BCUT2D eigenvalue weighted by Gasteiger charge is -2.14. The molecule has 144 valence electrons. The van der Waals surface area contributed by atoms with Gasteiger partial charge in [-0.1, -0.05) is 26.0 Å². The molecule has 0 radical (unpaired) electrons. The Hall–Kier alpha value is -2.95. The summed E-state index contributed by atoms with van der Waals surface area (Å²) in [6.07, 6.45) is 3.11. The molecule has 5 nitrogen and oxygen atoms in total. The monoisotopic (exact) mass is 369 g/mol. The Labute approximate surface area is 160 Å². The molecule has 5 heteroatoms. The SMILES string of the molecule is CCOc1cc(/C=C/C(=O)Nc2ccc(C)cc2O)ccc1OCC(C)C. The standard InChI is InChI=1S/C22H27NO4/c1-5-26-21-13-17(7-10-20(21)27-14-15(2)3)8-11-22(25)23-18-9-6-16(4)12-19(18)24/h6-13,15,24H,5,14H2,1-4H3,(H,23,25)/b11-8+. The highest BCUT2D eigenvalue weighted by Gasteiger charge is 2.08. The van der Waals surface area contributed by atoms with E-state index < -0.39 is 0 Å². The fourth-order valence-corrected chi connectivity index (χ4v) is 2.37. The largest absolute Gasteiger partial charge is 0.506 e. The molecule has 0 saturated heterocycles. The molecule has 2 aromatic carbocycles. The second-order valence-electron chi connectivity index (χ2n) is 6.69. The summed E-state index contributed by atoms with van der Waals surface area (Å²) in [6.45, 7) is 9.09. The number of ether oxygens (including phenoxy) is 2. The highest BCUT2D eigenvalue weighted by molar-refractivity contribution is 6.02. The van der Waals surface area contributed by atoms with E-state index in [2.05, 4.69) is 19.2 Å². The molecule has 0 aliphatic rings. The van der Waals surface area contributed by atoms with Crippen LogP contribution in [0.3, 0.4) is 0 Å². The maximum Gasteiger partial charge on any atom is 0.248 e. The molecule has 0 aromatic heterocycles. The lowest BCUT2D eigenvalue weighted by Crippen LogP contribution is -2.08. The first kappa shape index (κ1) is 20.4. The van der Waals surface area contributed by atoms with Gasteiger partial charge in [-0.3, -0.25) is 4.79 Å². The van der Waals surface area contributed by atoms with Crippen molar-refractivity contribution in [1.29, 1.82) is 0 Å². The topological polar surface area (TPSA) is 67.8 Å². The van der Waals surface area contributed by atoms with Crippen LogP contribution in [-0.4, -0.2) is 24.2 Å². The number of carbonyl (C=O) groups is 1. The van der Waals surface area contributed by atoms with Crippen LogP contribution in [-0.2, 0) is 4.79 Å². The molecular formula is C22H27NO4. The second-order valence-corrected chi connectivity index (χ2v) is 6.69. The number of anilines is 1. The minimum absolute atomic E-state index is 0.0436. The van der Waals surface area contributed by atoms with Gasteiger partial charge in [0.25, 0.3) is 0 Å². The molecule has 0 unspecified atom stereocenters. The Morgan fingerprint density at radius 2 is 1.93 bits per heavy atom. The number of phenolic OH excluding ortho intramolecular Hbond substituents is 1. The van der Waals surface area contributed by atoms with E-state index >= 15 is 0 Å². The molecule has 0 aliphatic carbocycles. The molecule has 0 atom stereocenters. The number of hydrogen-bond donors (Lipinski definition) is 2. The summed E-state index contributed by atoms with van der Waals surface area (Å²) in [7, 11) is 0. The third kappa shape index (κ3) is 6.37. The molecule has 0 heterocycles. The number of hydrogen-bond acceptors (Lipinski definition) is 4. The van der Waals surface area contributed by atoms with Gasteiger partial charge in [0.1, 0.15) is 5.75 Å². The van der Waals surface area contributed by atoms with Crippen molar-refractivity contribution in [2.45, 2.75) is 27.7 Å². The minimum atomic E-state index is -0.327. The average molecular weight is 369 g/mol. The zero-order valence-corrected chi connectivity index (χ0v) is 16.3. The fraction of sp³-hybridized carbons (Fsp3) is 0.318. The first-order valence-electron chi connectivity index (χ1n) is 9.07. The van der Waals surface area contributed by atoms with E-state index in [-0.39, 0.29) is 11.7 Å². The van der Waals surface area contributed by atoms with Gasteiger partial charge in [0, 0.05) is 6.08 Å². The van der Waals surface area contributed by atoms with Crippen molar-refractivity contribution >= 4 is 17.7 Å². The molecule has 2 rings (SSSR count). The number of nitrogens with one attached hydrogen (secondary N) is 1. The molecule has 1 amide bonds. The number of carbonyl (C=O) groups excluding carboxylic acids is 1. The van der Waals surface area contributed by atoms with Crippen LogP contribution in [0.2, 0.25) is 0 Å². The quantitative estimate of drug-likeness (QED) is 0.519. The first-order chi connectivity index (χ1) is 12.9. The lowest BCUT2D eigenvalue weighted by atomic mass is 10.1. The van der Waals surface area contributed by atoms with Crippen LogP contribution in [0.5, 0.6) is 17.2 Å². The molecule has 2 N–H and O–H groups in total. The lowest BCUT2D eigenvalue weighted by molar-refractivity contribution is -0.111. The molecule has 27 heavy (non-hydrogen) atoms. The van der Waals surface area contributed by atoms with Crippen molar-refractivity contribution in [3.63, 3.8) is 0 Å². The first-order valence-corrected chi connectivity index (χ1v) is 9.07. The number of benzene rings is 2. The molecule has 0 fully saturated rings. The van der Waals surface area contributed by atoms with Crippen LogP contribution < -0.4 is 14.8 Å². The van der Waals surface area contributed by atoms with Crippen LogP contribution in [0.25, 0.3) is 6.08 Å². The number of amides is 1. The van der Waals surface area contributed by atoms with Crippen LogP contribution in [0.1, 0.15) is 31.9 Å². The van der Waals surface area contributed by atoms with Gasteiger partial charge in [-0.2, -0.15) is 0 Å². The summed E-state index contributed by atoms with van der Waals surface area (Å²) in [5.74, 6) is 1.48. The van der Waals surface area contributed by atoms with Gasteiger partial charge in [0.15, 0.2) is 11.5 Å². The Bertz CT molecular complexity index is 812. The number of rotatable bonds is 8. The van der Waals surface area contributed by atoms with Gasteiger partial charge in [-0.05, 0) is 61.2 Å². The third-order valence-electron chi connectivity index (χ3n) is 3.68. The summed E-state index contributed by atoms with van der Waals surface area (Å²) in [6, 6.07) is 10.6. The fourth-order valence-electron chi connectivity index (χ4n) is 2.37. The summed E-state index contributed by atoms with van der Waals surface area (Å²) in [4.78, 5) is 12.1. The number of aryl methyl sites for hydroxylation is 1. The van der Waals surface area contributed by atoms with E-state index in [9.17, 15) is 9.90 Å². The van der Waals surface area contributed by atoms with Gasteiger partial charge < -0.3 is 19.9 Å². The van der Waals surface area contributed by atoms with Gasteiger partial charge in [-0.15, -0.1) is 0 Å². The Balaban J connectivity index is 2.08. The molecular weight excluding hydrogens is 342 g/mol.